The molecule has 0 saturated carbocycles. The first-order valence-corrected chi connectivity index (χ1v) is 6.31. The average molecular weight is 273 g/mol. The fraction of sp³-hybridized carbons (Fsp3) is 0.308. The second-order valence-corrected chi connectivity index (χ2v) is 4.74. The molecule has 0 aliphatic carbocycles. The molecule has 0 radical (unpaired) electrons. The van der Waals surface area contributed by atoms with Crippen molar-refractivity contribution in [1.82, 2.24) is 23.3 Å². The number of imidazole rings is 1. The van der Waals surface area contributed by atoms with E-state index in [9.17, 15) is 9.59 Å². The van der Waals surface area contributed by atoms with Crippen LogP contribution in [0.15, 0.2) is 40.4 Å². The van der Waals surface area contributed by atoms with Crippen LogP contribution in [0.1, 0.15) is 0 Å². The lowest BCUT2D eigenvalue weighted by Gasteiger charge is -2.09. The number of rotatable bonds is 3. The maximum Gasteiger partial charge on any atom is 0.332 e. The Kier molecular flexibility index (Phi) is 2.81. The minimum Gasteiger partial charge on any atom is -0.352 e. The molecule has 20 heavy (non-hydrogen) atoms. The molecule has 7 nitrogen and oxygen atoms in total. The third kappa shape index (κ3) is 1.78. The molecule has 0 aliphatic rings. The topological polar surface area (TPSA) is 66.8 Å². The van der Waals surface area contributed by atoms with E-state index in [1.54, 1.807) is 13.4 Å². The van der Waals surface area contributed by atoms with E-state index < -0.39 is 0 Å². The van der Waals surface area contributed by atoms with Gasteiger partial charge in [0.1, 0.15) is 5.65 Å². The number of aromatic nitrogens is 5. The highest BCUT2D eigenvalue weighted by Gasteiger charge is 2.13. The van der Waals surface area contributed by atoms with E-state index in [2.05, 4.69) is 4.98 Å². The predicted octanol–water partition coefficient (Wildman–Crippen LogP) is -0.0646. The van der Waals surface area contributed by atoms with Crippen LogP contribution in [-0.2, 0) is 27.2 Å². The summed E-state index contributed by atoms with van der Waals surface area (Å²) in [4.78, 5) is 28.1. The van der Waals surface area contributed by atoms with Crippen molar-refractivity contribution in [2.45, 2.75) is 13.1 Å². The van der Waals surface area contributed by atoms with E-state index in [4.69, 9.17) is 0 Å². The molecule has 0 saturated heterocycles. The zero-order valence-corrected chi connectivity index (χ0v) is 11.4. The Morgan fingerprint density at radius 1 is 1.05 bits per heavy atom. The first kappa shape index (κ1) is 12.5. The van der Waals surface area contributed by atoms with Gasteiger partial charge in [-0.1, -0.05) is 0 Å². The van der Waals surface area contributed by atoms with Crippen molar-refractivity contribution in [1.29, 1.82) is 0 Å². The third-order valence-electron chi connectivity index (χ3n) is 3.47. The van der Waals surface area contributed by atoms with Crippen molar-refractivity contribution >= 4 is 11.2 Å². The molecule has 3 rings (SSSR count). The summed E-state index contributed by atoms with van der Waals surface area (Å²) in [5.41, 5.74) is 0.181. The summed E-state index contributed by atoms with van der Waals surface area (Å²) in [7, 11) is 3.11. The number of fused-ring (bicyclic) bond motifs is 1. The summed E-state index contributed by atoms with van der Waals surface area (Å²) in [6.45, 7) is 1.40. The highest BCUT2D eigenvalue weighted by atomic mass is 16.2. The lowest BCUT2D eigenvalue weighted by Crippen LogP contribution is -2.37. The molecular weight excluding hydrogens is 258 g/mol. The summed E-state index contributed by atoms with van der Waals surface area (Å²) in [5.74, 6) is 0. The molecule has 0 amide bonds. The van der Waals surface area contributed by atoms with Crippen LogP contribution in [-0.4, -0.2) is 23.3 Å². The van der Waals surface area contributed by atoms with E-state index in [0.29, 0.717) is 17.7 Å². The SMILES string of the molecule is Cn1c(=O)c2ncn(CCn3cccc3)c2n(C)c1=O. The molecule has 0 N–H and O–H groups in total. The van der Waals surface area contributed by atoms with Gasteiger partial charge in [0.15, 0.2) is 5.52 Å². The van der Waals surface area contributed by atoms with Crippen molar-refractivity contribution < 1.29 is 0 Å². The normalized spacial score (nSPS) is 11.3. The molecule has 3 aromatic rings. The van der Waals surface area contributed by atoms with Crippen LogP contribution in [0.25, 0.3) is 11.2 Å². The molecule has 3 aromatic heterocycles. The van der Waals surface area contributed by atoms with Gasteiger partial charge in [-0.25, -0.2) is 9.78 Å². The molecule has 104 valence electrons. The van der Waals surface area contributed by atoms with Crippen LogP contribution in [0.4, 0.5) is 0 Å². The summed E-state index contributed by atoms with van der Waals surface area (Å²) in [6, 6.07) is 3.91. The van der Waals surface area contributed by atoms with Gasteiger partial charge in [-0.15, -0.1) is 0 Å². The van der Waals surface area contributed by atoms with Gasteiger partial charge in [-0.3, -0.25) is 13.9 Å². The van der Waals surface area contributed by atoms with Gasteiger partial charge >= 0.3 is 5.69 Å². The Balaban J connectivity index is 2.09. The van der Waals surface area contributed by atoms with Crippen LogP contribution < -0.4 is 11.2 Å². The van der Waals surface area contributed by atoms with Crippen molar-refractivity contribution in [3.63, 3.8) is 0 Å². The Morgan fingerprint density at radius 2 is 1.75 bits per heavy atom. The lowest BCUT2D eigenvalue weighted by atomic mass is 10.5. The fourth-order valence-corrected chi connectivity index (χ4v) is 2.35. The minimum absolute atomic E-state index is 0.321. The van der Waals surface area contributed by atoms with Crippen LogP contribution in [0, 0.1) is 0 Å². The minimum atomic E-state index is -0.359. The molecule has 0 aliphatic heterocycles. The number of hydrogen-bond donors (Lipinski definition) is 0. The van der Waals surface area contributed by atoms with Gasteiger partial charge in [0.25, 0.3) is 5.56 Å². The highest BCUT2D eigenvalue weighted by Crippen LogP contribution is 2.06. The first-order chi connectivity index (χ1) is 9.59. The summed E-state index contributed by atoms with van der Waals surface area (Å²) >= 11 is 0. The molecule has 0 bridgehead atoms. The summed E-state index contributed by atoms with van der Waals surface area (Å²) in [5, 5.41) is 0. The number of nitrogens with zero attached hydrogens (tertiary/aromatic N) is 5. The zero-order chi connectivity index (χ0) is 14.3. The van der Waals surface area contributed by atoms with Crippen LogP contribution in [0.3, 0.4) is 0 Å². The van der Waals surface area contributed by atoms with Gasteiger partial charge in [-0.2, -0.15) is 0 Å². The smallest absolute Gasteiger partial charge is 0.332 e. The van der Waals surface area contributed by atoms with Gasteiger partial charge in [0, 0.05) is 39.6 Å². The molecule has 0 atom stereocenters. The van der Waals surface area contributed by atoms with Crippen LogP contribution in [0.2, 0.25) is 0 Å². The van der Waals surface area contributed by atoms with Crippen molar-refractivity contribution in [2.24, 2.45) is 14.1 Å². The van der Waals surface area contributed by atoms with Crippen molar-refractivity contribution in [3.05, 3.63) is 51.7 Å². The van der Waals surface area contributed by atoms with Crippen molar-refractivity contribution in [3.8, 4) is 0 Å². The largest absolute Gasteiger partial charge is 0.352 e. The molecular formula is C13H15N5O2. The van der Waals surface area contributed by atoms with Crippen LogP contribution in [0.5, 0.6) is 0 Å². The van der Waals surface area contributed by atoms with Crippen LogP contribution >= 0.6 is 0 Å². The van der Waals surface area contributed by atoms with E-state index in [-0.39, 0.29) is 11.2 Å². The second kappa shape index (κ2) is 4.52. The average Bonchev–Trinajstić information content (AvgIpc) is 3.09. The van der Waals surface area contributed by atoms with Gasteiger partial charge in [0.2, 0.25) is 0 Å². The molecule has 0 spiro atoms. The Hall–Kier alpha value is -2.57. The molecule has 3 heterocycles. The standard InChI is InChI=1S/C13H15N5O2/c1-15-11-10(12(19)16(2)13(15)20)14-9-18(11)8-7-17-5-3-4-6-17/h3-6,9H,7-8H2,1-2H3. The summed E-state index contributed by atoms with van der Waals surface area (Å²) in [6.07, 6.45) is 5.54. The highest BCUT2D eigenvalue weighted by molar-refractivity contribution is 5.69. The maximum atomic E-state index is 12.0. The van der Waals surface area contributed by atoms with E-state index in [1.165, 1.54) is 11.6 Å². The van der Waals surface area contributed by atoms with Crippen molar-refractivity contribution in [2.75, 3.05) is 0 Å². The number of aryl methyl sites for hydroxylation is 3. The zero-order valence-electron chi connectivity index (χ0n) is 11.4. The van der Waals surface area contributed by atoms with E-state index >= 15 is 0 Å². The Morgan fingerprint density at radius 3 is 2.45 bits per heavy atom. The van der Waals surface area contributed by atoms with E-state index in [0.717, 1.165) is 11.1 Å². The number of hydrogen-bond acceptors (Lipinski definition) is 3. The van der Waals surface area contributed by atoms with E-state index in [1.807, 2.05) is 33.7 Å². The molecule has 7 heteroatoms. The molecule has 0 aromatic carbocycles. The van der Waals surface area contributed by atoms with Gasteiger partial charge in [-0.05, 0) is 12.1 Å². The third-order valence-corrected chi connectivity index (χ3v) is 3.47. The maximum absolute atomic E-state index is 12.0. The molecule has 0 unspecified atom stereocenters. The Labute approximate surface area is 114 Å². The lowest BCUT2D eigenvalue weighted by molar-refractivity contribution is 0.578. The molecule has 0 fully saturated rings. The van der Waals surface area contributed by atoms with Gasteiger partial charge in [0.05, 0.1) is 6.33 Å². The monoisotopic (exact) mass is 273 g/mol. The first-order valence-electron chi connectivity index (χ1n) is 6.31. The second-order valence-electron chi connectivity index (χ2n) is 4.74. The summed E-state index contributed by atoms with van der Waals surface area (Å²) < 4.78 is 6.40. The quantitative estimate of drug-likeness (QED) is 0.671. The van der Waals surface area contributed by atoms with Gasteiger partial charge < -0.3 is 9.13 Å². The Bertz CT molecular complexity index is 867. The fourth-order valence-electron chi connectivity index (χ4n) is 2.35. The predicted molar refractivity (Wildman–Crippen MR) is 74.6 cm³/mol.